The SMILES string of the molecule is CCOc1cc([C@H](C)N2CCc3c(cc(Cn4ccnc4C)cc3-c3cn(S(C)(=O)=O)nc3C)C2=O)ncc1C#N. The summed E-state index contributed by atoms with van der Waals surface area (Å²) in [5.41, 5.74) is 5.26. The Kier molecular flexibility index (Phi) is 7.40. The zero-order valence-electron chi connectivity index (χ0n) is 23.6. The van der Waals surface area contributed by atoms with Gasteiger partial charge in [-0.2, -0.15) is 14.4 Å². The number of rotatable bonds is 8. The molecule has 212 valence electrons. The smallest absolute Gasteiger partial charge is 0.254 e. The number of ether oxygens (including phenoxy) is 1. The molecule has 41 heavy (non-hydrogen) atoms. The van der Waals surface area contributed by atoms with E-state index in [4.69, 9.17) is 4.74 Å². The van der Waals surface area contributed by atoms with Crippen LogP contribution >= 0.6 is 0 Å². The maximum Gasteiger partial charge on any atom is 0.254 e. The number of pyridine rings is 1. The minimum absolute atomic E-state index is 0.151. The molecule has 12 heteroatoms. The normalized spacial score (nSPS) is 14.0. The zero-order valence-corrected chi connectivity index (χ0v) is 24.4. The third-order valence-electron chi connectivity index (χ3n) is 7.39. The Bertz CT molecular complexity index is 1800. The van der Waals surface area contributed by atoms with Gasteiger partial charge in [-0.1, -0.05) is 0 Å². The second kappa shape index (κ2) is 10.8. The molecule has 0 saturated carbocycles. The highest BCUT2D eigenvalue weighted by Gasteiger charge is 2.32. The fourth-order valence-electron chi connectivity index (χ4n) is 5.22. The average molecular weight is 574 g/mol. The van der Waals surface area contributed by atoms with Gasteiger partial charge in [0.25, 0.3) is 15.9 Å². The Hall–Kier alpha value is -4.50. The summed E-state index contributed by atoms with van der Waals surface area (Å²) in [6, 6.07) is 7.37. The lowest BCUT2D eigenvalue weighted by atomic mass is 9.87. The molecule has 0 aliphatic carbocycles. The van der Waals surface area contributed by atoms with Crippen molar-refractivity contribution in [1.82, 2.24) is 28.6 Å². The van der Waals surface area contributed by atoms with Crippen molar-refractivity contribution >= 4 is 15.9 Å². The molecule has 0 unspecified atom stereocenters. The first-order chi connectivity index (χ1) is 19.5. The van der Waals surface area contributed by atoms with Gasteiger partial charge in [-0.3, -0.25) is 9.78 Å². The van der Waals surface area contributed by atoms with Crippen LogP contribution in [0.25, 0.3) is 11.1 Å². The molecule has 4 heterocycles. The molecule has 1 aliphatic heterocycles. The summed E-state index contributed by atoms with van der Waals surface area (Å²) in [5.74, 6) is 1.13. The van der Waals surface area contributed by atoms with Crippen molar-refractivity contribution in [2.45, 2.75) is 46.7 Å². The van der Waals surface area contributed by atoms with Crippen LogP contribution in [0, 0.1) is 25.2 Å². The molecule has 0 fully saturated rings. The first-order valence-corrected chi connectivity index (χ1v) is 15.1. The van der Waals surface area contributed by atoms with Gasteiger partial charge in [0.05, 0.1) is 36.5 Å². The minimum Gasteiger partial charge on any atom is -0.492 e. The van der Waals surface area contributed by atoms with Gasteiger partial charge in [0.15, 0.2) is 0 Å². The predicted molar refractivity (Wildman–Crippen MR) is 152 cm³/mol. The monoisotopic (exact) mass is 573 g/mol. The molecule has 5 rings (SSSR count). The number of carbonyl (C=O) groups excluding carboxylic acids is 1. The number of aromatic nitrogens is 5. The highest BCUT2D eigenvalue weighted by molar-refractivity contribution is 7.89. The van der Waals surface area contributed by atoms with E-state index in [1.165, 1.54) is 12.4 Å². The number of amides is 1. The maximum atomic E-state index is 14.1. The molecule has 1 atom stereocenters. The third-order valence-corrected chi connectivity index (χ3v) is 8.26. The van der Waals surface area contributed by atoms with Gasteiger partial charge in [0.1, 0.15) is 23.2 Å². The zero-order chi connectivity index (χ0) is 29.5. The number of carbonyl (C=O) groups is 1. The van der Waals surface area contributed by atoms with E-state index in [1.807, 2.05) is 43.7 Å². The van der Waals surface area contributed by atoms with E-state index in [2.05, 4.69) is 21.1 Å². The Morgan fingerprint density at radius 1 is 1.15 bits per heavy atom. The average Bonchev–Trinajstić information content (AvgIpc) is 3.53. The molecule has 0 saturated heterocycles. The first-order valence-electron chi connectivity index (χ1n) is 13.3. The summed E-state index contributed by atoms with van der Waals surface area (Å²) in [7, 11) is -3.58. The van der Waals surface area contributed by atoms with Crippen LogP contribution in [0.5, 0.6) is 5.75 Å². The van der Waals surface area contributed by atoms with Crippen molar-refractivity contribution in [3.63, 3.8) is 0 Å². The Morgan fingerprint density at radius 3 is 2.54 bits per heavy atom. The van der Waals surface area contributed by atoms with Gasteiger partial charge in [-0.15, -0.1) is 0 Å². The van der Waals surface area contributed by atoms with Crippen molar-refractivity contribution < 1.29 is 17.9 Å². The quantitative estimate of drug-likeness (QED) is 0.312. The van der Waals surface area contributed by atoms with Crippen LogP contribution in [-0.4, -0.2) is 62.4 Å². The van der Waals surface area contributed by atoms with Gasteiger partial charge in [0, 0.05) is 48.9 Å². The Labute approximate surface area is 239 Å². The number of nitriles is 1. The molecule has 11 nitrogen and oxygen atoms in total. The second-order valence-corrected chi connectivity index (χ2v) is 12.0. The van der Waals surface area contributed by atoms with E-state index >= 15 is 0 Å². The van der Waals surface area contributed by atoms with E-state index in [0.717, 1.165) is 32.9 Å². The summed E-state index contributed by atoms with van der Waals surface area (Å²) in [6.45, 7) is 8.76. The van der Waals surface area contributed by atoms with Crippen LogP contribution in [0.4, 0.5) is 0 Å². The number of fused-ring (bicyclic) bond motifs is 1. The molecule has 0 spiro atoms. The van der Waals surface area contributed by atoms with Crippen molar-refractivity contribution in [3.8, 4) is 22.9 Å². The number of imidazole rings is 1. The largest absolute Gasteiger partial charge is 0.492 e. The first kappa shape index (κ1) is 28.0. The molecule has 4 aromatic rings. The number of aryl methyl sites for hydroxylation is 2. The number of hydrogen-bond donors (Lipinski definition) is 0. The van der Waals surface area contributed by atoms with E-state index in [0.29, 0.717) is 59.9 Å². The Balaban J connectivity index is 1.59. The summed E-state index contributed by atoms with van der Waals surface area (Å²) in [4.78, 5) is 24.6. The highest BCUT2D eigenvalue weighted by Crippen LogP contribution is 2.36. The van der Waals surface area contributed by atoms with Crippen LogP contribution in [0.2, 0.25) is 0 Å². The topological polar surface area (TPSA) is 136 Å². The lowest BCUT2D eigenvalue weighted by molar-refractivity contribution is 0.0669. The Morgan fingerprint density at radius 2 is 1.90 bits per heavy atom. The third kappa shape index (κ3) is 5.32. The summed E-state index contributed by atoms with van der Waals surface area (Å²) in [5, 5.41) is 13.7. The molecule has 1 aliphatic rings. The van der Waals surface area contributed by atoms with Crippen LogP contribution < -0.4 is 4.74 Å². The van der Waals surface area contributed by atoms with Gasteiger partial charge >= 0.3 is 0 Å². The lowest BCUT2D eigenvalue weighted by Gasteiger charge is -2.34. The number of hydrogen-bond acceptors (Lipinski definition) is 8. The van der Waals surface area contributed by atoms with Crippen molar-refractivity contribution in [1.29, 1.82) is 5.26 Å². The lowest BCUT2D eigenvalue weighted by Crippen LogP contribution is -2.40. The molecule has 0 bridgehead atoms. The standard InChI is InChI=1S/C29H31N7O4S/c1-6-40-28-13-27(32-15-22(28)14-30)19(3)35-9-7-23-24(26-17-36(33-18(26)2)41(5,38)39)11-21(12-25(23)29(35)37)16-34-10-8-31-20(34)4/h8,10-13,15,17,19H,6-7,9,16H2,1-5H3/t19-/m0/s1. The highest BCUT2D eigenvalue weighted by atomic mass is 32.2. The van der Waals surface area contributed by atoms with Gasteiger partial charge in [-0.05, 0) is 62.9 Å². The molecular formula is C29H31N7O4S. The van der Waals surface area contributed by atoms with E-state index in [1.54, 1.807) is 24.1 Å². The molecule has 0 N–H and O–H groups in total. The number of nitrogens with zero attached hydrogens (tertiary/aromatic N) is 7. The molecule has 3 aromatic heterocycles. The van der Waals surface area contributed by atoms with Crippen LogP contribution in [-0.2, 0) is 23.0 Å². The van der Waals surface area contributed by atoms with Crippen LogP contribution in [0.15, 0.2) is 43.0 Å². The van der Waals surface area contributed by atoms with Gasteiger partial charge in [-0.25, -0.2) is 13.4 Å². The van der Waals surface area contributed by atoms with Crippen LogP contribution in [0.3, 0.4) is 0 Å². The fourth-order valence-corrected chi connectivity index (χ4v) is 5.78. The van der Waals surface area contributed by atoms with Crippen molar-refractivity contribution in [2.75, 3.05) is 19.4 Å². The van der Waals surface area contributed by atoms with Crippen molar-refractivity contribution in [3.05, 3.63) is 82.5 Å². The maximum absolute atomic E-state index is 14.1. The summed E-state index contributed by atoms with van der Waals surface area (Å²) < 4.78 is 33.1. The second-order valence-electron chi connectivity index (χ2n) is 10.1. The predicted octanol–water partition coefficient (Wildman–Crippen LogP) is 3.64. The fraction of sp³-hybridized carbons (Fsp3) is 0.345. The van der Waals surface area contributed by atoms with Crippen LogP contribution in [0.1, 0.15) is 64.1 Å². The van der Waals surface area contributed by atoms with Crippen molar-refractivity contribution in [2.24, 2.45) is 0 Å². The van der Waals surface area contributed by atoms with Gasteiger partial charge in [0.2, 0.25) is 0 Å². The van der Waals surface area contributed by atoms with E-state index in [-0.39, 0.29) is 11.9 Å². The molecular weight excluding hydrogens is 542 g/mol. The molecule has 0 radical (unpaired) electrons. The summed E-state index contributed by atoms with van der Waals surface area (Å²) in [6.07, 6.45) is 8.26. The van der Waals surface area contributed by atoms with E-state index in [9.17, 15) is 18.5 Å². The van der Waals surface area contributed by atoms with Gasteiger partial charge < -0.3 is 14.2 Å². The number of benzene rings is 1. The van der Waals surface area contributed by atoms with E-state index < -0.39 is 10.0 Å². The minimum atomic E-state index is -3.58. The summed E-state index contributed by atoms with van der Waals surface area (Å²) >= 11 is 0. The molecule has 1 amide bonds. The molecule has 1 aromatic carbocycles.